The summed E-state index contributed by atoms with van der Waals surface area (Å²) in [6.45, 7) is 7.91. The van der Waals surface area contributed by atoms with Crippen molar-refractivity contribution in [2.75, 3.05) is 42.9 Å². The molecule has 5 nitrogen and oxygen atoms in total. The molecule has 4 rings (SSSR count). The molecule has 0 aliphatic carbocycles. The van der Waals surface area contributed by atoms with Gasteiger partial charge in [-0.15, -0.1) is 11.3 Å². The zero-order chi connectivity index (χ0) is 22.5. The normalized spacial score (nSPS) is 14.5. The van der Waals surface area contributed by atoms with E-state index in [0.29, 0.717) is 6.54 Å². The van der Waals surface area contributed by atoms with Gasteiger partial charge in [0.05, 0.1) is 12.2 Å². The lowest BCUT2D eigenvalue weighted by molar-refractivity contribution is -0.117. The summed E-state index contributed by atoms with van der Waals surface area (Å²) in [6.07, 6.45) is 1.80. The highest BCUT2D eigenvalue weighted by atomic mass is 32.1. The van der Waals surface area contributed by atoms with Crippen molar-refractivity contribution in [3.8, 4) is 11.3 Å². The van der Waals surface area contributed by atoms with Crippen molar-refractivity contribution < 1.29 is 9.18 Å². The molecule has 7 heteroatoms. The van der Waals surface area contributed by atoms with Crippen molar-refractivity contribution in [2.45, 2.75) is 26.7 Å². The molecule has 3 aromatic rings. The lowest BCUT2D eigenvalue weighted by Gasteiger charge is -2.34. The van der Waals surface area contributed by atoms with Crippen LogP contribution in [0.4, 0.5) is 15.2 Å². The fourth-order valence-electron chi connectivity index (χ4n) is 4.05. The Morgan fingerprint density at radius 3 is 2.31 bits per heavy atom. The van der Waals surface area contributed by atoms with Gasteiger partial charge in [0.2, 0.25) is 5.91 Å². The third-order valence-electron chi connectivity index (χ3n) is 5.91. The molecule has 1 amide bonds. The molecule has 0 unspecified atom stereocenters. The van der Waals surface area contributed by atoms with Crippen LogP contribution in [0.5, 0.6) is 0 Å². The number of benzene rings is 2. The minimum atomic E-state index is -0.242. The van der Waals surface area contributed by atoms with Crippen LogP contribution in [-0.2, 0) is 17.6 Å². The van der Waals surface area contributed by atoms with E-state index in [0.717, 1.165) is 61.1 Å². The van der Waals surface area contributed by atoms with Gasteiger partial charge in [0, 0.05) is 42.8 Å². The highest BCUT2D eigenvalue weighted by Crippen LogP contribution is 2.28. The molecule has 0 spiro atoms. The molecule has 1 N–H and O–H groups in total. The number of aryl methyl sites for hydroxylation is 2. The van der Waals surface area contributed by atoms with Gasteiger partial charge in [-0.3, -0.25) is 9.69 Å². The number of amides is 1. The maximum atomic E-state index is 13.2. The summed E-state index contributed by atoms with van der Waals surface area (Å²) in [5, 5.41) is 6.15. The average Bonchev–Trinajstić information content (AvgIpc) is 3.30. The van der Waals surface area contributed by atoms with E-state index in [2.05, 4.69) is 47.2 Å². The molecular formula is C25H29FN4OS. The van der Waals surface area contributed by atoms with Crippen LogP contribution < -0.4 is 10.2 Å². The molecule has 1 saturated heterocycles. The molecule has 0 saturated carbocycles. The number of anilines is 2. The van der Waals surface area contributed by atoms with Gasteiger partial charge in [-0.1, -0.05) is 32.0 Å². The van der Waals surface area contributed by atoms with E-state index in [-0.39, 0.29) is 11.7 Å². The number of para-hydroxylation sites is 1. The van der Waals surface area contributed by atoms with Gasteiger partial charge < -0.3 is 10.2 Å². The van der Waals surface area contributed by atoms with E-state index in [4.69, 9.17) is 4.98 Å². The van der Waals surface area contributed by atoms with Crippen LogP contribution in [0.15, 0.2) is 47.8 Å². The Labute approximate surface area is 192 Å². The van der Waals surface area contributed by atoms with Crippen molar-refractivity contribution in [2.24, 2.45) is 0 Å². The predicted molar refractivity (Wildman–Crippen MR) is 130 cm³/mol. The predicted octanol–water partition coefficient (Wildman–Crippen LogP) is 4.83. The fraction of sp³-hybridized carbons (Fsp3) is 0.360. The number of carbonyl (C=O) groups is 1. The van der Waals surface area contributed by atoms with Crippen LogP contribution in [-0.4, -0.2) is 48.5 Å². The maximum Gasteiger partial charge on any atom is 0.238 e. The average molecular weight is 453 g/mol. The van der Waals surface area contributed by atoms with Crippen LogP contribution in [0.1, 0.15) is 25.0 Å². The first-order valence-corrected chi connectivity index (χ1v) is 12.0. The standard InChI is InChI=1S/C25H29FN4OS/c1-3-18-6-5-7-19(4-2)24(18)28-23(31)16-29-12-14-30(15-13-29)25-27-22(17-32-25)20-8-10-21(26)11-9-20/h5-11,17H,3-4,12-16H2,1-2H3,(H,28,31). The lowest BCUT2D eigenvalue weighted by Crippen LogP contribution is -2.48. The van der Waals surface area contributed by atoms with E-state index in [1.54, 1.807) is 23.5 Å². The number of rotatable bonds is 7. The second kappa shape index (κ2) is 10.2. The molecule has 1 aliphatic heterocycles. The second-order valence-electron chi connectivity index (χ2n) is 7.99. The van der Waals surface area contributed by atoms with Gasteiger partial charge in [-0.2, -0.15) is 0 Å². The van der Waals surface area contributed by atoms with Gasteiger partial charge in [0.1, 0.15) is 5.82 Å². The molecule has 1 aromatic heterocycles. The molecule has 1 fully saturated rings. The first-order chi connectivity index (χ1) is 15.6. The van der Waals surface area contributed by atoms with Gasteiger partial charge >= 0.3 is 0 Å². The van der Waals surface area contributed by atoms with Crippen molar-refractivity contribution in [1.29, 1.82) is 0 Å². The molecule has 1 aliphatic rings. The third-order valence-corrected chi connectivity index (χ3v) is 6.81. The molecule has 2 heterocycles. The largest absolute Gasteiger partial charge is 0.346 e. The van der Waals surface area contributed by atoms with E-state index in [1.165, 1.54) is 23.3 Å². The zero-order valence-electron chi connectivity index (χ0n) is 18.6. The van der Waals surface area contributed by atoms with Gasteiger partial charge in [-0.25, -0.2) is 9.37 Å². The van der Waals surface area contributed by atoms with Gasteiger partial charge in [-0.05, 0) is 48.2 Å². The maximum absolute atomic E-state index is 13.2. The number of piperazine rings is 1. The van der Waals surface area contributed by atoms with Crippen LogP contribution in [0.3, 0.4) is 0 Å². The zero-order valence-corrected chi connectivity index (χ0v) is 19.4. The minimum Gasteiger partial charge on any atom is -0.346 e. The van der Waals surface area contributed by atoms with Crippen molar-refractivity contribution in [3.05, 3.63) is 64.8 Å². The van der Waals surface area contributed by atoms with Crippen molar-refractivity contribution >= 4 is 28.1 Å². The third kappa shape index (κ3) is 5.16. The fourth-order valence-corrected chi connectivity index (χ4v) is 4.93. The Balaban J connectivity index is 1.32. The van der Waals surface area contributed by atoms with Crippen LogP contribution in [0, 0.1) is 5.82 Å². The molecular weight excluding hydrogens is 423 g/mol. The number of aromatic nitrogens is 1. The number of hydrogen-bond donors (Lipinski definition) is 1. The number of nitrogens with one attached hydrogen (secondary N) is 1. The number of thiazole rings is 1. The Morgan fingerprint density at radius 2 is 1.69 bits per heavy atom. The van der Waals surface area contributed by atoms with Gasteiger partial charge in [0.15, 0.2) is 5.13 Å². The monoisotopic (exact) mass is 452 g/mol. The molecule has 0 atom stereocenters. The number of nitrogens with zero attached hydrogens (tertiary/aromatic N) is 3. The van der Waals surface area contributed by atoms with Crippen LogP contribution >= 0.6 is 11.3 Å². The number of carbonyl (C=O) groups excluding carboxylic acids is 1. The topological polar surface area (TPSA) is 48.5 Å². The molecule has 2 aromatic carbocycles. The molecule has 0 radical (unpaired) electrons. The highest BCUT2D eigenvalue weighted by molar-refractivity contribution is 7.14. The van der Waals surface area contributed by atoms with Crippen LogP contribution in [0.25, 0.3) is 11.3 Å². The Kier molecular flexibility index (Phi) is 7.17. The molecule has 0 bridgehead atoms. The number of hydrogen-bond acceptors (Lipinski definition) is 5. The first kappa shape index (κ1) is 22.4. The SMILES string of the molecule is CCc1cccc(CC)c1NC(=O)CN1CCN(c2nc(-c3ccc(F)cc3)cs2)CC1. The number of halogens is 1. The summed E-state index contributed by atoms with van der Waals surface area (Å²) in [7, 11) is 0. The lowest BCUT2D eigenvalue weighted by atomic mass is 10.0. The molecule has 32 heavy (non-hydrogen) atoms. The minimum absolute atomic E-state index is 0.0434. The highest BCUT2D eigenvalue weighted by Gasteiger charge is 2.22. The first-order valence-electron chi connectivity index (χ1n) is 11.2. The van der Waals surface area contributed by atoms with E-state index >= 15 is 0 Å². The smallest absolute Gasteiger partial charge is 0.238 e. The van der Waals surface area contributed by atoms with E-state index < -0.39 is 0 Å². The Morgan fingerprint density at radius 1 is 1.03 bits per heavy atom. The summed E-state index contributed by atoms with van der Waals surface area (Å²) in [6, 6.07) is 12.7. The van der Waals surface area contributed by atoms with Gasteiger partial charge in [0.25, 0.3) is 0 Å². The summed E-state index contributed by atoms with van der Waals surface area (Å²) >= 11 is 1.60. The van der Waals surface area contributed by atoms with E-state index in [1.807, 2.05) is 5.38 Å². The summed E-state index contributed by atoms with van der Waals surface area (Å²) in [5.74, 6) is -0.199. The van der Waals surface area contributed by atoms with E-state index in [9.17, 15) is 9.18 Å². The van der Waals surface area contributed by atoms with Crippen molar-refractivity contribution in [1.82, 2.24) is 9.88 Å². The summed E-state index contributed by atoms with van der Waals surface area (Å²) in [4.78, 5) is 21.9. The molecule has 168 valence electrons. The summed E-state index contributed by atoms with van der Waals surface area (Å²) in [5.41, 5.74) is 5.14. The Bertz CT molecular complexity index is 1040. The summed E-state index contributed by atoms with van der Waals surface area (Å²) < 4.78 is 13.2. The van der Waals surface area contributed by atoms with Crippen molar-refractivity contribution in [3.63, 3.8) is 0 Å². The second-order valence-corrected chi connectivity index (χ2v) is 8.83. The Hall–Kier alpha value is -2.77. The quantitative estimate of drug-likeness (QED) is 0.558. The van der Waals surface area contributed by atoms with Crippen LogP contribution in [0.2, 0.25) is 0 Å².